The number of carbonyl (C=O) groups is 1. The highest BCUT2D eigenvalue weighted by atomic mass is 32.2. The number of hydrogen-bond donors (Lipinski definition) is 2. The molecule has 2 N–H and O–H groups in total. The Morgan fingerprint density at radius 3 is 2.92 bits per heavy atom. The van der Waals surface area contributed by atoms with Crippen LogP contribution in [0, 0.1) is 6.92 Å². The number of methoxy groups -OCH3 is 1. The zero-order chi connectivity index (χ0) is 17.8. The third-order valence-corrected chi connectivity index (χ3v) is 4.81. The second-order valence-electron chi connectivity index (χ2n) is 5.88. The molecule has 130 valence electrons. The molecule has 1 atom stereocenters. The number of imidazole rings is 1. The molecule has 0 radical (unpaired) electrons. The molecule has 6 heteroatoms. The summed E-state index contributed by atoms with van der Waals surface area (Å²) in [6.45, 7) is 3.99. The van der Waals surface area contributed by atoms with Crippen molar-refractivity contribution in [3.63, 3.8) is 0 Å². The maximum absolute atomic E-state index is 12.3. The molecular formula is C19H21N3O2S. The Morgan fingerprint density at radius 1 is 1.32 bits per heavy atom. The fourth-order valence-corrected chi connectivity index (χ4v) is 3.38. The molecule has 0 aliphatic carbocycles. The zero-order valence-electron chi connectivity index (χ0n) is 14.5. The van der Waals surface area contributed by atoms with Crippen molar-refractivity contribution in [2.45, 2.75) is 25.0 Å². The van der Waals surface area contributed by atoms with Crippen LogP contribution in [0.2, 0.25) is 0 Å². The second kappa shape index (κ2) is 7.61. The summed E-state index contributed by atoms with van der Waals surface area (Å²) in [5.74, 6) is 1.04. The molecule has 0 saturated heterocycles. The fraction of sp³-hybridized carbons (Fsp3) is 0.263. The average molecular weight is 355 g/mol. The van der Waals surface area contributed by atoms with Crippen molar-refractivity contribution in [2.24, 2.45) is 0 Å². The topological polar surface area (TPSA) is 67.0 Å². The lowest BCUT2D eigenvalue weighted by Gasteiger charge is -2.16. The van der Waals surface area contributed by atoms with Crippen LogP contribution in [0.3, 0.4) is 0 Å². The van der Waals surface area contributed by atoms with Crippen molar-refractivity contribution >= 4 is 28.7 Å². The molecule has 0 spiro atoms. The monoisotopic (exact) mass is 355 g/mol. The van der Waals surface area contributed by atoms with E-state index >= 15 is 0 Å². The van der Waals surface area contributed by atoms with Crippen molar-refractivity contribution in [1.82, 2.24) is 15.3 Å². The number of ether oxygens (including phenoxy) is 1. The van der Waals surface area contributed by atoms with E-state index in [1.54, 1.807) is 7.11 Å². The highest BCUT2D eigenvalue weighted by molar-refractivity contribution is 7.99. The Labute approximate surface area is 151 Å². The number of H-pyrrole nitrogens is 1. The lowest BCUT2D eigenvalue weighted by Crippen LogP contribution is -2.28. The Balaban J connectivity index is 1.60. The Bertz CT molecular complexity index is 891. The third kappa shape index (κ3) is 4.14. The van der Waals surface area contributed by atoms with Crippen molar-refractivity contribution in [3.05, 3.63) is 53.6 Å². The molecule has 0 fully saturated rings. The first-order valence-corrected chi connectivity index (χ1v) is 9.07. The molecule has 25 heavy (non-hydrogen) atoms. The van der Waals surface area contributed by atoms with Crippen molar-refractivity contribution in [3.8, 4) is 5.75 Å². The van der Waals surface area contributed by atoms with Gasteiger partial charge in [-0.05, 0) is 37.6 Å². The molecule has 5 nitrogen and oxygen atoms in total. The Hall–Kier alpha value is -2.47. The first-order valence-electron chi connectivity index (χ1n) is 8.08. The van der Waals surface area contributed by atoms with Crippen LogP contribution in [-0.2, 0) is 4.79 Å². The number of aromatic amines is 1. The summed E-state index contributed by atoms with van der Waals surface area (Å²) < 4.78 is 5.35. The summed E-state index contributed by atoms with van der Waals surface area (Å²) in [4.78, 5) is 20.0. The van der Waals surface area contributed by atoms with E-state index in [4.69, 9.17) is 4.74 Å². The summed E-state index contributed by atoms with van der Waals surface area (Å²) in [6.07, 6.45) is 0. The smallest absolute Gasteiger partial charge is 0.230 e. The van der Waals surface area contributed by atoms with Crippen molar-refractivity contribution < 1.29 is 9.53 Å². The summed E-state index contributed by atoms with van der Waals surface area (Å²) >= 11 is 1.40. The van der Waals surface area contributed by atoms with Crippen molar-refractivity contribution in [1.29, 1.82) is 0 Å². The van der Waals surface area contributed by atoms with Gasteiger partial charge >= 0.3 is 0 Å². The molecule has 3 aromatic rings. The van der Waals surface area contributed by atoms with E-state index in [1.807, 2.05) is 50.2 Å². The molecule has 3 rings (SSSR count). The minimum absolute atomic E-state index is 0.0416. The highest BCUT2D eigenvalue weighted by Gasteiger charge is 2.14. The molecule has 1 heterocycles. The van der Waals surface area contributed by atoms with Gasteiger partial charge in [0.25, 0.3) is 0 Å². The summed E-state index contributed by atoms with van der Waals surface area (Å²) in [5, 5.41) is 3.75. The number of nitrogens with one attached hydrogen (secondary N) is 2. The number of fused-ring (bicyclic) bond motifs is 1. The van der Waals surface area contributed by atoms with Crippen molar-refractivity contribution in [2.75, 3.05) is 12.9 Å². The minimum Gasteiger partial charge on any atom is -0.496 e. The van der Waals surface area contributed by atoms with E-state index in [-0.39, 0.29) is 11.9 Å². The van der Waals surface area contributed by atoms with E-state index in [9.17, 15) is 4.79 Å². The van der Waals surface area contributed by atoms with Crippen LogP contribution in [0.4, 0.5) is 0 Å². The SMILES string of the molecule is COc1ccccc1C(C)NC(=O)CSc1nc2ccc(C)cc2[nH]1. The molecule has 1 amide bonds. The van der Waals surface area contributed by atoms with Gasteiger partial charge in [-0.3, -0.25) is 4.79 Å². The number of aromatic nitrogens is 2. The Kier molecular flexibility index (Phi) is 5.28. The maximum Gasteiger partial charge on any atom is 0.230 e. The number of benzene rings is 2. The lowest BCUT2D eigenvalue weighted by atomic mass is 10.1. The molecule has 0 aliphatic rings. The first-order chi connectivity index (χ1) is 12.1. The number of hydrogen-bond acceptors (Lipinski definition) is 4. The summed E-state index contributed by atoms with van der Waals surface area (Å²) in [7, 11) is 1.63. The quantitative estimate of drug-likeness (QED) is 0.659. The molecule has 2 aromatic carbocycles. The largest absolute Gasteiger partial charge is 0.496 e. The first kappa shape index (κ1) is 17.4. The maximum atomic E-state index is 12.3. The van der Waals surface area contributed by atoms with Gasteiger partial charge in [-0.25, -0.2) is 4.98 Å². The average Bonchev–Trinajstić information content (AvgIpc) is 3.01. The van der Waals surface area contributed by atoms with Crippen LogP contribution < -0.4 is 10.1 Å². The molecular weight excluding hydrogens is 334 g/mol. The number of nitrogens with zero attached hydrogens (tertiary/aromatic N) is 1. The zero-order valence-corrected chi connectivity index (χ0v) is 15.3. The number of carbonyl (C=O) groups excluding carboxylic acids is 1. The Morgan fingerprint density at radius 2 is 2.12 bits per heavy atom. The van der Waals surface area contributed by atoms with E-state index in [0.29, 0.717) is 5.75 Å². The number of para-hydroxylation sites is 1. The van der Waals surface area contributed by atoms with Crippen LogP contribution in [0.5, 0.6) is 5.75 Å². The van der Waals surface area contributed by atoms with Gasteiger partial charge in [0.2, 0.25) is 5.91 Å². The van der Waals surface area contributed by atoms with Crippen LogP contribution in [0.15, 0.2) is 47.6 Å². The van der Waals surface area contributed by atoms with E-state index in [1.165, 1.54) is 17.3 Å². The number of aryl methyl sites for hydroxylation is 1. The molecule has 1 aromatic heterocycles. The number of thioether (sulfide) groups is 1. The van der Waals surface area contributed by atoms with Crippen LogP contribution in [0.25, 0.3) is 11.0 Å². The lowest BCUT2D eigenvalue weighted by molar-refractivity contribution is -0.119. The predicted octanol–water partition coefficient (Wildman–Crippen LogP) is 3.85. The number of rotatable bonds is 6. The van der Waals surface area contributed by atoms with E-state index in [0.717, 1.165) is 27.5 Å². The minimum atomic E-state index is -0.123. The van der Waals surface area contributed by atoms with Gasteiger partial charge in [0.05, 0.1) is 29.9 Å². The van der Waals surface area contributed by atoms with Crippen LogP contribution >= 0.6 is 11.8 Å². The number of amides is 1. The molecule has 0 aliphatic heterocycles. The summed E-state index contributed by atoms with van der Waals surface area (Å²) in [6, 6.07) is 13.6. The van der Waals surface area contributed by atoms with Crippen LogP contribution in [0.1, 0.15) is 24.1 Å². The highest BCUT2D eigenvalue weighted by Crippen LogP contribution is 2.25. The van der Waals surface area contributed by atoms with Crippen LogP contribution in [-0.4, -0.2) is 28.7 Å². The van der Waals surface area contributed by atoms with Gasteiger partial charge in [-0.2, -0.15) is 0 Å². The standard InChI is InChI=1S/C19H21N3O2S/c1-12-8-9-15-16(10-12)22-19(21-15)25-11-18(23)20-13(2)14-6-4-5-7-17(14)24-3/h4-10,13H,11H2,1-3H3,(H,20,23)(H,21,22). The van der Waals surface area contributed by atoms with Gasteiger partial charge in [0, 0.05) is 5.56 Å². The van der Waals surface area contributed by atoms with Gasteiger partial charge in [0.15, 0.2) is 5.16 Å². The van der Waals surface area contributed by atoms with E-state index < -0.39 is 0 Å². The van der Waals surface area contributed by atoms with Gasteiger partial charge in [-0.1, -0.05) is 36.0 Å². The van der Waals surface area contributed by atoms with Gasteiger partial charge < -0.3 is 15.0 Å². The van der Waals surface area contributed by atoms with E-state index in [2.05, 4.69) is 21.4 Å². The third-order valence-electron chi connectivity index (χ3n) is 3.94. The van der Waals surface area contributed by atoms with Gasteiger partial charge in [0.1, 0.15) is 5.75 Å². The predicted molar refractivity (Wildman–Crippen MR) is 101 cm³/mol. The molecule has 1 unspecified atom stereocenters. The normalized spacial score (nSPS) is 12.1. The molecule has 0 saturated carbocycles. The molecule has 0 bridgehead atoms. The van der Waals surface area contributed by atoms with Gasteiger partial charge in [-0.15, -0.1) is 0 Å². The fourth-order valence-electron chi connectivity index (χ4n) is 2.69. The summed E-state index contributed by atoms with van der Waals surface area (Å²) in [5.41, 5.74) is 4.04. The second-order valence-corrected chi connectivity index (χ2v) is 6.85.